The van der Waals surface area contributed by atoms with Gasteiger partial charge in [0.25, 0.3) is 5.91 Å². The van der Waals surface area contributed by atoms with E-state index in [2.05, 4.69) is 24.8 Å². The lowest BCUT2D eigenvalue weighted by atomic mass is 10.0. The van der Waals surface area contributed by atoms with Crippen molar-refractivity contribution in [2.45, 2.75) is 39.2 Å². The van der Waals surface area contributed by atoms with E-state index < -0.39 is 5.91 Å². The second-order valence-corrected chi connectivity index (χ2v) is 5.81. The van der Waals surface area contributed by atoms with Crippen LogP contribution in [0.2, 0.25) is 0 Å². The Morgan fingerprint density at radius 2 is 2.09 bits per heavy atom. The van der Waals surface area contributed by atoms with Crippen molar-refractivity contribution < 1.29 is 4.79 Å². The number of amides is 1. The lowest BCUT2D eigenvalue weighted by molar-refractivity contribution is 0.0999. The highest BCUT2D eigenvalue weighted by atomic mass is 16.1. The number of nitrogens with two attached hydrogens (primary N) is 1. The average Bonchev–Trinajstić information content (AvgIpc) is 2.54. The number of rotatable bonds is 3. The molecule has 0 saturated carbocycles. The van der Waals surface area contributed by atoms with Crippen molar-refractivity contribution >= 4 is 11.7 Å². The van der Waals surface area contributed by atoms with Crippen LogP contribution < -0.4 is 10.6 Å². The van der Waals surface area contributed by atoms with Gasteiger partial charge in [0, 0.05) is 24.5 Å². The number of aromatic nitrogens is 4. The van der Waals surface area contributed by atoms with Crippen molar-refractivity contribution in [1.29, 1.82) is 0 Å². The van der Waals surface area contributed by atoms with Gasteiger partial charge in [0.15, 0.2) is 5.82 Å². The first-order valence-corrected chi connectivity index (χ1v) is 7.75. The molecule has 0 aromatic carbocycles. The van der Waals surface area contributed by atoms with Crippen molar-refractivity contribution in [3.05, 3.63) is 41.4 Å². The van der Waals surface area contributed by atoms with Crippen LogP contribution in [0.4, 0.5) is 5.82 Å². The summed E-state index contributed by atoms with van der Waals surface area (Å²) in [6, 6.07) is 2.03. The van der Waals surface area contributed by atoms with Crippen LogP contribution in [0.1, 0.15) is 52.9 Å². The van der Waals surface area contributed by atoms with Gasteiger partial charge in [-0.15, -0.1) is 0 Å². The van der Waals surface area contributed by atoms with E-state index in [-0.39, 0.29) is 6.04 Å². The van der Waals surface area contributed by atoms with E-state index in [1.807, 2.05) is 13.0 Å². The van der Waals surface area contributed by atoms with E-state index in [1.165, 1.54) is 6.20 Å². The van der Waals surface area contributed by atoms with Crippen LogP contribution in [0.3, 0.4) is 0 Å². The molecule has 7 heteroatoms. The van der Waals surface area contributed by atoms with Gasteiger partial charge in [-0.2, -0.15) is 0 Å². The molecule has 120 valence electrons. The van der Waals surface area contributed by atoms with Gasteiger partial charge in [0.2, 0.25) is 0 Å². The van der Waals surface area contributed by atoms with Crippen LogP contribution in [0.25, 0.3) is 0 Å². The van der Waals surface area contributed by atoms with Gasteiger partial charge < -0.3 is 10.6 Å². The quantitative estimate of drug-likeness (QED) is 0.926. The number of hydrogen-bond acceptors (Lipinski definition) is 6. The van der Waals surface area contributed by atoms with Crippen LogP contribution in [-0.4, -0.2) is 32.4 Å². The summed E-state index contributed by atoms with van der Waals surface area (Å²) in [6.45, 7) is 4.64. The number of carbonyl (C=O) groups is 1. The Morgan fingerprint density at radius 3 is 2.78 bits per heavy atom. The zero-order valence-corrected chi connectivity index (χ0v) is 13.4. The SMILES string of the molecule is Cc1cc(N2CCCC[C@H]2c2ncc(C(N)=O)c(C)n2)ncn1. The van der Waals surface area contributed by atoms with Gasteiger partial charge >= 0.3 is 0 Å². The summed E-state index contributed by atoms with van der Waals surface area (Å²) in [4.78, 5) is 31.0. The molecule has 2 aromatic rings. The summed E-state index contributed by atoms with van der Waals surface area (Å²) in [5.41, 5.74) is 7.25. The summed E-state index contributed by atoms with van der Waals surface area (Å²) in [5.74, 6) is 1.10. The van der Waals surface area contributed by atoms with Gasteiger partial charge in [-0.3, -0.25) is 4.79 Å². The lowest BCUT2D eigenvalue weighted by Gasteiger charge is -2.35. The van der Waals surface area contributed by atoms with Crippen LogP contribution in [0, 0.1) is 13.8 Å². The molecule has 0 unspecified atom stereocenters. The number of primary amides is 1. The second-order valence-electron chi connectivity index (χ2n) is 5.81. The minimum Gasteiger partial charge on any atom is -0.365 e. The van der Waals surface area contributed by atoms with Crippen molar-refractivity contribution in [1.82, 2.24) is 19.9 Å². The maximum Gasteiger partial charge on any atom is 0.252 e. The normalized spacial score (nSPS) is 18.0. The molecule has 1 atom stereocenters. The molecule has 0 bridgehead atoms. The van der Waals surface area contributed by atoms with Crippen LogP contribution >= 0.6 is 0 Å². The molecule has 1 aliphatic rings. The van der Waals surface area contributed by atoms with Crippen LogP contribution in [-0.2, 0) is 0 Å². The van der Waals surface area contributed by atoms with Gasteiger partial charge in [0.1, 0.15) is 12.1 Å². The molecule has 1 saturated heterocycles. The maximum atomic E-state index is 11.3. The highest BCUT2D eigenvalue weighted by molar-refractivity contribution is 5.93. The molecule has 1 fully saturated rings. The number of carbonyl (C=O) groups excluding carboxylic acids is 1. The molecular weight excluding hydrogens is 292 g/mol. The summed E-state index contributed by atoms with van der Waals surface area (Å²) in [5, 5.41) is 0. The molecule has 3 heterocycles. The zero-order chi connectivity index (χ0) is 16.4. The van der Waals surface area contributed by atoms with Crippen LogP contribution in [0.5, 0.6) is 0 Å². The lowest BCUT2D eigenvalue weighted by Crippen LogP contribution is -2.35. The van der Waals surface area contributed by atoms with Crippen molar-refractivity contribution in [2.75, 3.05) is 11.4 Å². The molecule has 0 spiro atoms. The van der Waals surface area contributed by atoms with E-state index >= 15 is 0 Å². The monoisotopic (exact) mass is 312 g/mol. The maximum absolute atomic E-state index is 11.3. The van der Waals surface area contributed by atoms with Gasteiger partial charge in [-0.25, -0.2) is 19.9 Å². The van der Waals surface area contributed by atoms with Crippen molar-refractivity contribution in [3.8, 4) is 0 Å². The van der Waals surface area contributed by atoms with E-state index in [0.717, 1.165) is 37.3 Å². The summed E-state index contributed by atoms with van der Waals surface area (Å²) in [6.07, 6.45) is 6.29. The Hall–Kier alpha value is -2.57. The second kappa shape index (κ2) is 6.28. The molecule has 0 aliphatic carbocycles. The van der Waals surface area contributed by atoms with Crippen molar-refractivity contribution in [2.24, 2.45) is 5.73 Å². The third kappa shape index (κ3) is 3.13. The highest BCUT2D eigenvalue weighted by Crippen LogP contribution is 2.32. The third-order valence-electron chi connectivity index (χ3n) is 4.15. The topological polar surface area (TPSA) is 97.9 Å². The Bertz CT molecular complexity index is 732. The summed E-state index contributed by atoms with van der Waals surface area (Å²) >= 11 is 0. The molecule has 23 heavy (non-hydrogen) atoms. The fraction of sp³-hybridized carbons (Fsp3) is 0.438. The van der Waals surface area contributed by atoms with Crippen molar-refractivity contribution in [3.63, 3.8) is 0 Å². The van der Waals surface area contributed by atoms with Crippen LogP contribution in [0.15, 0.2) is 18.6 Å². The standard InChI is InChI=1S/C16H20N6O/c1-10-7-14(20-9-19-10)22-6-4-3-5-13(22)16-18-8-12(15(17)23)11(2)21-16/h7-9,13H,3-6H2,1-2H3,(H2,17,23)/t13-/m0/s1. The minimum absolute atomic E-state index is 0.0543. The van der Waals surface area contributed by atoms with Gasteiger partial charge in [-0.05, 0) is 33.1 Å². The Kier molecular flexibility index (Phi) is 4.18. The third-order valence-corrected chi connectivity index (χ3v) is 4.15. The number of aryl methyl sites for hydroxylation is 2. The smallest absolute Gasteiger partial charge is 0.252 e. The van der Waals surface area contributed by atoms with Gasteiger partial charge in [0.05, 0.1) is 17.3 Å². The molecule has 3 rings (SSSR count). The average molecular weight is 312 g/mol. The van der Waals surface area contributed by atoms with E-state index in [9.17, 15) is 4.79 Å². The minimum atomic E-state index is -0.499. The Balaban J connectivity index is 1.95. The zero-order valence-electron chi connectivity index (χ0n) is 13.4. The first-order chi connectivity index (χ1) is 11.1. The highest BCUT2D eigenvalue weighted by Gasteiger charge is 2.28. The first kappa shape index (κ1) is 15.3. The number of hydrogen-bond donors (Lipinski definition) is 1. The summed E-state index contributed by atoms with van der Waals surface area (Å²) in [7, 11) is 0. The molecule has 1 amide bonds. The van der Waals surface area contributed by atoms with E-state index in [0.29, 0.717) is 17.1 Å². The number of anilines is 1. The molecular formula is C16H20N6O. The molecule has 0 radical (unpaired) electrons. The fourth-order valence-electron chi connectivity index (χ4n) is 2.96. The van der Waals surface area contributed by atoms with Gasteiger partial charge in [-0.1, -0.05) is 0 Å². The molecule has 7 nitrogen and oxygen atoms in total. The summed E-state index contributed by atoms with van der Waals surface area (Å²) < 4.78 is 0. The van der Waals surface area contributed by atoms with E-state index in [4.69, 9.17) is 5.73 Å². The first-order valence-electron chi connectivity index (χ1n) is 7.75. The largest absolute Gasteiger partial charge is 0.365 e. The molecule has 2 N–H and O–H groups in total. The fourth-order valence-corrected chi connectivity index (χ4v) is 2.96. The Morgan fingerprint density at radius 1 is 1.26 bits per heavy atom. The Labute approximate surface area is 135 Å². The van der Waals surface area contributed by atoms with E-state index in [1.54, 1.807) is 13.3 Å². The predicted octanol–water partition coefficient (Wildman–Crippen LogP) is 1.71. The predicted molar refractivity (Wildman–Crippen MR) is 86.0 cm³/mol. The number of piperidine rings is 1. The number of nitrogens with zero attached hydrogens (tertiary/aromatic N) is 5. The molecule has 1 aliphatic heterocycles. The molecule has 2 aromatic heterocycles.